The third kappa shape index (κ3) is 9.41. The Kier molecular flexibility index (Phi) is 12.8. The van der Waals surface area contributed by atoms with Crippen molar-refractivity contribution in [3.8, 4) is 0 Å². The lowest BCUT2D eigenvalue weighted by Crippen LogP contribution is -2.38. The number of anilines is 3. The second-order valence-corrected chi connectivity index (χ2v) is 6.69. The second kappa shape index (κ2) is 14.1. The van der Waals surface area contributed by atoms with Crippen molar-refractivity contribution in [2.24, 2.45) is 16.5 Å². The number of amides is 2. The maximum Gasteiger partial charge on any atom is 0.280 e. The van der Waals surface area contributed by atoms with Crippen molar-refractivity contribution < 1.29 is 9.59 Å². The van der Waals surface area contributed by atoms with E-state index in [0.29, 0.717) is 6.54 Å². The Bertz CT molecular complexity index is 940. The van der Waals surface area contributed by atoms with Crippen LogP contribution in [0, 0.1) is 0 Å². The van der Waals surface area contributed by atoms with Crippen molar-refractivity contribution in [1.82, 2.24) is 15.3 Å². The minimum atomic E-state index is -0.673. The number of nitrogen functional groups attached to an aromatic ring is 2. The number of aliphatic imine (C=N–C) groups is 1. The van der Waals surface area contributed by atoms with E-state index in [2.05, 4.69) is 25.6 Å². The predicted octanol–water partition coefficient (Wildman–Crippen LogP) is 1.10. The molecule has 176 valence electrons. The van der Waals surface area contributed by atoms with E-state index < -0.39 is 11.8 Å². The van der Waals surface area contributed by atoms with E-state index in [-0.39, 0.29) is 59.8 Å². The topological polar surface area (TPSA) is 200 Å². The molecule has 1 aromatic heterocycles. The summed E-state index contributed by atoms with van der Waals surface area (Å²) in [5.41, 5.74) is 23.7. The number of primary amides is 1. The summed E-state index contributed by atoms with van der Waals surface area (Å²) >= 11 is 5.75. The van der Waals surface area contributed by atoms with Gasteiger partial charge in [-0.05, 0) is 37.0 Å². The number of aryl methyl sites for hydroxylation is 1. The largest absolute Gasteiger partial charge is 0.382 e. The van der Waals surface area contributed by atoms with Gasteiger partial charge in [-0.2, -0.15) is 0 Å². The van der Waals surface area contributed by atoms with Crippen molar-refractivity contribution in [2.45, 2.75) is 19.3 Å². The fourth-order valence-corrected chi connectivity index (χ4v) is 2.57. The van der Waals surface area contributed by atoms with Crippen molar-refractivity contribution >= 4 is 71.5 Å². The maximum absolute atomic E-state index is 12.1. The number of hydrogen-bond donors (Lipinski definition) is 6. The van der Waals surface area contributed by atoms with Gasteiger partial charge in [0.1, 0.15) is 0 Å². The highest BCUT2D eigenvalue weighted by Crippen LogP contribution is 2.17. The van der Waals surface area contributed by atoms with E-state index in [1.54, 1.807) is 0 Å². The predicted molar refractivity (Wildman–Crippen MR) is 131 cm³/mol. The van der Waals surface area contributed by atoms with Gasteiger partial charge >= 0.3 is 0 Å². The van der Waals surface area contributed by atoms with Crippen LogP contribution in [0.2, 0.25) is 5.15 Å². The Morgan fingerprint density at radius 2 is 1.66 bits per heavy atom. The zero-order valence-electron chi connectivity index (χ0n) is 17.0. The van der Waals surface area contributed by atoms with E-state index in [1.165, 1.54) is 0 Å². The molecule has 1 heterocycles. The lowest BCUT2D eigenvalue weighted by Gasteiger charge is -2.07. The summed E-state index contributed by atoms with van der Waals surface area (Å²) in [7, 11) is 0. The zero-order chi connectivity index (χ0) is 22.1. The summed E-state index contributed by atoms with van der Waals surface area (Å²) in [6.07, 6.45) is 2.51. The second-order valence-electron chi connectivity index (χ2n) is 6.33. The Labute approximate surface area is 202 Å². The number of hydrogen-bond acceptors (Lipinski definition) is 8. The molecule has 14 heteroatoms. The summed E-state index contributed by atoms with van der Waals surface area (Å²) in [5.74, 6) is -1.36. The van der Waals surface area contributed by atoms with E-state index >= 15 is 0 Å². The molecule has 11 nitrogen and oxygen atoms in total. The van der Waals surface area contributed by atoms with Crippen molar-refractivity contribution in [3.05, 3.63) is 40.7 Å². The monoisotopic (exact) mass is 505 g/mol. The highest BCUT2D eigenvalue weighted by Gasteiger charge is 2.16. The van der Waals surface area contributed by atoms with Crippen LogP contribution in [0.15, 0.2) is 29.3 Å². The van der Waals surface area contributed by atoms with Crippen molar-refractivity contribution in [3.63, 3.8) is 0 Å². The molecule has 2 amide bonds. The molecule has 0 saturated heterocycles. The molecule has 0 aliphatic rings. The molecule has 0 spiro atoms. The highest BCUT2D eigenvalue weighted by atomic mass is 35.5. The van der Waals surface area contributed by atoms with Crippen LogP contribution in [0.5, 0.6) is 0 Å². The number of unbranched alkanes of at least 4 members (excludes halogenated alkanes) is 1. The Hall–Kier alpha value is -3.02. The molecule has 2 aromatic rings. The Balaban J connectivity index is 0.00000480. The van der Waals surface area contributed by atoms with Crippen LogP contribution in [0.3, 0.4) is 0 Å². The Morgan fingerprint density at radius 3 is 2.28 bits per heavy atom. The summed E-state index contributed by atoms with van der Waals surface area (Å²) in [4.78, 5) is 34.5. The first-order valence-electron chi connectivity index (χ1n) is 9.07. The van der Waals surface area contributed by atoms with Crippen LogP contribution in [-0.2, 0) is 11.2 Å². The van der Waals surface area contributed by atoms with Gasteiger partial charge in [0, 0.05) is 12.2 Å². The van der Waals surface area contributed by atoms with Gasteiger partial charge in [0.15, 0.2) is 28.4 Å². The van der Waals surface area contributed by atoms with Crippen LogP contribution in [0.25, 0.3) is 0 Å². The first-order chi connectivity index (χ1) is 14.3. The van der Waals surface area contributed by atoms with Gasteiger partial charge in [0.05, 0.1) is 6.54 Å². The van der Waals surface area contributed by atoms with Crippen LogP contribution >= 0.6 is 36.4 Å². The number of benzene rings is 1. The molecule has 0 bridgehead atoms. The molecular formula is C18H26Cl3N9O2. The highest BCUT2D eigenvalue weighted by molar-refractivity contribution is 6.31. The molecule has 0 saturated carbocycles. The average Bonchev–Trinajstić information content (AvgIpc) is 2.69. The molecule has 0 atom stereocenters. The summed E-state index contributed by atoms with van der Waals surface area (Å²) in [5, 5.41) is 5.19. The fourth-order valence-electron chi connectivity index (χ4n) is 2.44. The number of guanidine groups is 1. The minimum Gasteiger partial charge on any atom is -0.382 e. The van der Waals surface area contributed by atoms with Gasteiger partial charge < -0.3 is 28.3 Å². The van der Waals surface area contributed by atoms with E-state index in [1.807, 2.05) is 24.3 Å². The van der Waals surface area contributed by atoms with Crippen LogP contribution in [-0.4, -0.2) is 40.8 Å². The zero-order valence-corrected chi connectivity index (χ0v) is 19.4. The number of carbonyl (C=O) groups excluding carboxylic acids is 2. The maximum atomic E-state index is 12.1. The van der Waals surface area contributed by atoms with Crippen LogP contribution in [0.1, 0.15) is 28.9 Å². The number of rotatable bonds is 9. The molecule has 0 aliphatic heterocycles. The number of halogens is 3. The van der Waals surface area contributed by atoms with E-state index in [4.69, 9.17) is 34.5 Å². The smallest absolute Gasteiger partial charge is 0.280 e. The molecule has 0 unspecified atom stereocenters. The first-order valence-corrected chi connectivity index (χ1v) is 9.45. The van der Waals surface area contributed by atoms with Crippen LogP contribution < -0.4 is 33.6 Å². The van der Waals surface area contributed by atoms with E-state index in [9.17, 15) is 9.59 Å². The summed E-state index contributed by atoms with van der Waals surface area (Å²) in [6.45, 7) is 0.536. The molecular weight excluding hydrogens is 481 g/mol. The first kappa shape index (κ1) is 29.0. The molecule has 0 fully saturated rings. The fraction of sp³-hybridized carbons (Fsp3) is 0.278. The minimum absolute atomic E-state index is 0. The molecule has 0 aliphatic carbocycles. The third-order valence-corrected chi connectivity index (χ3v) is 4.22. The van der Waals surface area contributed by atoms with Gasteiger partial charge in [0.25, 0.3) is 5.91 Å². The number of nitrogens with two attached hydrogens (primary N) is 4. The Morgan fingerprint density at radius 1 is 1.00 bits per heavy atom. The molecule has 32 heavy (non-hydrogen) atoms. The summed E-state index contributed by atoms with van der Waals surface area (Å²) < 4.78 is 0. The number of nitrogens with one attached hydrogen (secondary N) is 2. The summed E-state index contributed by atoms with van der Waals surface area (Å²) in [6, 6.07) is 7.73. The van der Waals surface area contributed by atoms with Gasteiger partial charge in [-0.3, -0.25) is 19.9 Å². The van der Waals surface area contributed by atoms with Gasteiger partial charge in [-0.15, -0.1) is 24.8 Å². The van der Waals surface area contributed by atoms with Gasteiger partial charge in [-0.25, -0.2) is 9.97 Å². The lowest BCUT2D eigenvalue weighted by atomic mass is 10.1. The number of aromatic nitrogens is 2. The standard InChI is InChI=1S/C18H24ClN9O2.2ClH/c19-14-16(22)27-15(21)13(26-14)17(30)28-18(23)24-8-2-1-3-10-4-6-11(7-5-10)25-9-12(20)29;;/h4-7,25H,1-3,8-9H2,(H2,20,29)(H4,21,22,27)(H3,23,24,28,30);2*1H. The van der Waals surface area contributed by atoms with E-state index in [0.717, 1.165) is 30.5 Å². The van der Waals surface area contributed by atoms with Gasteiger partial charge in [-0.1, -0.05) is 23.7 Å². The SMILES string of the molecule is Cl.Cl.NC(=O)CNc1ccc(CCCCN=C(N)NC(=O)c2nc(Cl)c(N)nc2N)cc1. The quantitative estimate of drug-likeness (QED) is 0.165. The normalized spacial score (nSPS) is 10.5. The molecule has 2 rings (SSSR count). The molecule has 10 N–H and O–H groups in total. The van der Waals surface area contributed by atoms with Crippen molar-refractivity contribution in [2.75, 3.05) is 29.9 Å². The number of nitrogens with zero attached hydrogens (tertiary/aromatic N) is 3. The van der Waals surface area contributed by atoms with Gasteiger partial charge in [0.2, 0.25) is 5.91 Å². The van der Waals surface area contributed by atoms with Crippen LogP contribution in [0.4, 0.5) is 17.3 Å². The molecule has 1 aromatic carbocycles. The average molecular weight is 507 g/mol. The van der Waals surface area contributed by atoms with Crippen molar-refractivity contribution in [1.29, 1.82) is 0 Å². The number of carbonyl (C=O) groups is 2. The third-order valence-electron chi connectivity index (χ3n) is 3.94. The lowest BCUT2D eigenvalue weighted by molar-refractivity contribution is -0.116. The molecule has 0 radical (unpaired) electrons.